The number of benzene rings is 2. The van der Waals surface area contributed by atoms with Crippen LogP contribution in [-0.2, 0) is 0 Å². The highest BCUT2D eigenvalue weighted by Crippen LogP contribution is 2.27. The standard InChI is InChI=1S/C22H23N3OS/c1-14(2)12-13-27-22-24-19-16-9-5-6-10-17(16)23-20(19)21(26)25(22)18-11-7-4-8-15(18)3/h4-11,14,23H,12-13H2,1-3H3. The fourth-order valence-corrected chi connectivity index (χ4v) is 4.49. The lowest BCUT2D eigenvalue weighted by molar-refractivity contribution is 0.631. The van der Waals surface area contributed by atoms with Crippen molar-refractivity contribution >= 4 is 33.7 Å². The molecule has 0 aliphatic carbocycles. The minimum atomic E-state index is -0.0439. The molecule has 2 aromatic heterocycles. The van der Waals surface area contributed by atoms with Crippen molar-refractivity contribution in [1.82, 2.24) is 14.5 Å². The van der Waals surface area contributed by atoms with Crippen LogP contribution in [0.15, 0.2) is 58.5 Å². The maximum atomic E-state index is 13.4. The van der Waals surface area contributed by atoms with Gasteiger partial charge in [-0.05, 0) is 37.0 Å². The van der Waals surface area contributed by atoms with E-state index in [1.165, 1.54) is 0 Å². The Morgan fingerprint density at radius 3 is 2.63 bits per heavy atom. The van der Waals surface area contributed by atoms with Gasteiger partial charge in [0.1, 0.15) is 11.0 Å². The van der Waals surface area contributed by atoms with Crippen molar-refractivity contribution in [3.63, 3.8) is 0 Å². The summed E-state index contributed by atoms with van der Waals surface area (Å²) in [6, 6.07) is 15.9. The first-order chi connectivity index (χ1) is 13.1. The van der Waals surface area contributed by atoms with Crippen LogP contribution >= 0.6 is 11.8 Å². The Balaban J connectivity index is 1.98. The Kier molecular flexibility index (Phi) is 4.79. The van der Waals surface area contributed by atoms with E-state index in [2.05, 4.69) is 18.8 Å². The first-order valence-corrected chi connectivity index (χ1v) is 10.3. The van der Waals surface area contributed by atoms with Crippen molar-refractivity contribution in [2.45, 2.75) is 32.3 Å². The molecule has 0 saturated heterocycles. The van der Waals surface area contributed by atoms with E-state index in [0.29, 0.717) is 11.4 Å². The molecule has 0 fully saturated rings. The fraction of sp³-hybridized carbons (Fsp3) is 0.273. The fourth-order valence-electron chi connectivity index (χ4n) is 3.25. The van der Waals surface area contributed by atoms with Crippen LogP contribution in [-0.4, -0.2) is 20.3 Å². The molecule has 2 heterocycles. The highest BCUT2D eigenvalue weighted by atomic mass is 32.2. The Morgan fingerprint density at radius 2 is 1.85 bits per heavy atom. The number of H-pyrrole nitrogens is 1. The molecule has 1 N–H and O–H groups in total. The van der Waals surface area contributed by atoms with Crippen LogP contribution in [0, 0.1) is 12.8 Å². The first kappa shape index (κ1) is 17.9. The number of nitrogens with one attached hydrogen (secondary N) is 1. The molecule has 0 aliphatic heterocycles. The van der Waals surface area contributed by atoms with Crippen molar-refractivity contribution in [2.75, 3.05) is 5.75 Å². The number of aromatic amines is 1. The summed E-state index contributed by atoms with van der Waals surface area (Å²) in [7, 11) is 0. The molecule has 0 unspecified atom stereocenters. The zero-order valence-electron chi connectivity index (χ0n) is 15.8. The third-order valence-corrected chi connectivity index (χ3v) is 5.75. The number of nitrogens with zero attached hydrogens (tertiary/aromatic N) is 2. The second-order valence-electron chi connectivity index (χ2n) is 7.25. The number of fused-ring (bicyclic) bond motifs is 3. The molecule has 0 spiro atoms. The van der Waals surface area contributed by atoms with E-state index in [1.54, 1.807) is 16.3 Å². The summed E-state index contributed by atoms with van der Waals surface area (Å²) < 4.78 is 1.76. The number of rotatable bonds is 5. The summed E-state index contributed by atoms with van der Waals surface area (Å²) in [6.07, 6.45) is 1.08. The highest BCUT2D eigenvalue weighted by Gasteiger charge is 2.18. The minimum absolute atomic E-state index is 0.0439. The maximum Gasteiger partial charge on any atom is 0.283 e. The van der Waals surface area contributed by atoms with E-state index in [9.17, 15) is 4.79 Å². The van der Waals surface area contributed by atoms with E-state index < -0.39 is 0 Å². The number of para-hydroxylation sites is 2. The largest absolute Gasteiger partial charge is 0.349 e. The summed E-state index contributed by atoms with van der Waals surface area (Å²) in [5, 5.41) is 1.75. The predicted octanol–water partition coefficient (Wildman–Crippen LogP) is 5.31. The van der Waals surface area contributed by atoms with Gasteiger partial charge in [-0.15, -0.1) is 0 Å². The summed E-state index contributed by atoms with van der Waals surface area (Å²) in [4.78, 5) is 21.7. The SMILES string of the molecule is Cc1ccccc1-n1c(SCCC(C)C)nc2c([nH]c3ccccc32)c1=O. The van der Waals surface area contributed by atoms with Gasteiger partial charge in [-0.2, -0.15) is 0 Å². The lowest BCUT2D eigenvalue weighted by atomic mass is 10.2. The summed E-state index contributed by atoms with van der Waals surface area (Å²) >= 11 is 1.66. The maximum absolute atomic E-state index is 13.4. The Bertz CT molecular complexity index is 1170. The van der Waals surface area contributed by atoms with Gasteiger partial charge in [0.25, 0.3) is 5.56 Å². The number of aryl methyl sites for hydroxylation is 1. The summed E-state index contributed by atoms with van der Waals surface area (Å²) in [5.74, 6) is 1.55. The van der Waals surface area contributed by atoms with Gasteiger partial charge in [0.15, 0.2) is 5.16 Å². The third kappa shape index (κ3) is 3.28. The van der Waals surface area contributed by atoms with Crippen molar-refractivity contribution in [3.05, 3.63) is 64.4 Å². The van der Waals surface area contributed by atoms with Gasteiger partial charge in [-0.25, -0.2) is 4.98 Å². The molecule has 0 radical (unpaired) electrons. The summed E-state index contributed by atoms with van der Waals surface area (Å²) in [6.45, 7) is 6.45. The van der Waals surface area contributed by atoms with Crippen LogP contribution < -0.4 is 5.56 Å². The first-order valence-electron chi connectivity index (χ1n) is 9.28. The van der Waals surface area contributed by atoms with E-state index in [0.717, 1.165) is 45.0 Å². The quantitative estimate of drug-likeness (QED) is 0.378. The molecule has 4 nitrogen and oxygen atoms in total. The third-order valence-electron chi connectivity index (χ3n) is 4.78. The van der Waals surface area contributed by atoms with Gasteiger partial charge in [-0.3, -0.25) is 9.36 Å². The smallest absolute Gasteiger partial charge is 0.283 e. The van der Waals surface area contributed by atoms with E-state index in [1.807, 2.05) is 55.5 Å². The average molecular weight is 378 g/mol. The highest BCUT2D eigenvalue weighted by molar-refractivity contribution is 7.99. The van der Waals surface area contributed by atoms with Crippen LogP contribution in [0.2, 0.25) is 0 Å². The van der Waals surface area contributed by atoms with Gasteiger partial charge >= 0.3 is 0 Å². The molecule has 27 heavy (non-hydrogen) atoms. The number of thioether (sulfide) groups is 1. The van der Waals surface area contributed by atoms with Crippen LogP contribution in [0.4, 0.5) is 0 Å². The summed E-state index contributed by atoms with van der Waals surface area (Å²) in [5.41, 5.74) is 4.17. The number of hydrogen-bond acceptors (Lipinski definition) is 3. The van der Waals surface area contributed by atoms with Crippen LogP contribution in [0.3, 0.4) is 0 Å². The average Bonchev–Trinajstić information content (AvgIpc) is 3.02. The zero-order valence-corrected chi connectivity index (χ0v) is 16.6. The van der Waals surface area contributed by atoms with Crippen LogP contribution in [0.5, 0.6) is 0 Å². The van der Waals surface area contributed by atoms with Gasteiger partial charge in [0.05, 0.1) is 5.69 Å². The molecule has 0 atom stereocenters. The Morgan fingerprint density at radius 1 is 1.11 bits per heavy atom. The molecular weight excluding hydrogens is 354 g/mol. The van der Waals surface area contributed by atoms with Crippen molar-refractivity contribution in [2.24, 2.45) is 5.92 Å². The van der Waals surface area contributed by atoms with E-state index in [4.69, 9.17) is 4.98 Å². The topological polar surface area (TPSA) is 50.7 Å². The number of hydrogen-bond donors (Lipinski definition) is 1. The lowest BCUT2D eigenvalue weighted by Gasteiger charge is -2.14. The van der Waals surface area contributed by atoms with E-state index >= 15 is 0 Å². The molecule has 5 heteroatoms. The lowest BCUT2D eigenvalue weighted by Crippen LogP contribution is -2.22. The zero-order chi connectivity index (χ0) is 19.0. The van der Waals surface area contributed by atoms with Crippen molar-refractivity contribution < 1.29 is 0 Å². The molecule has 0 aliphatic rings. The van der Waals surface area contributed by atoms with Gasteiger partial charge in [0, 0.05) is 16.7 Å². The van der Waals surface area contributed by atoms with Crippen LogP contribution in [0.1, 0.15) is 25.8 Å². The molecule has 0 saturated carbocycles. The molecule has 138 valence electrons. The molecule has 0 amide bonds. The minimum Gasteiger partial charge on any atom is -0.349 e. The molecule has 0 bridgehead atoms. The monoisotopic (exact) mass is 377 g/mol. The van der Waals surface area contributed by atoms with Crippen molar-refractivity contribution in [1.29, 1.82) is 0 Å². The molecule has 4 aromatic rings. The second-order valence-corrected chi connectivity index (χ2v) is 8.31. The predicted molar refractivity (Wildman–Crippen MR) is 114 cm³/mol. The molecule has 4 rings (SSSR count). The Labute approximate surface area is 162 Å². The number of aromatic nitrogens is 3. The van der Waals surface area contributed by atoms with Crippen LogP contribution in [0.25, 0.3) is 27.6 Å². The normalized spacial score (nSPS) is 11.7. The van der Waals surface area contributed by atoms with Gasteiger partial charge < -0.3 is 4.98 Å². The molecular formula is C22H23N3OS. The van der Waals surface area contributed by atoms with Crippen molar-refractivity contribution in [3.8, 4) is 5.69 Å². The second kappa shape index (κ2) is 7.24. The Hall–Kier alpha value is -2.53. The molecule has 2 aromatic carbocycles. The van der Waals surface area contributed by atoms with Gasteiger partial charge in [0.2, 0.25) is 0 Å². The van der Waals surface area contributed by atoms with E-state index in [-0.39, 0.29) is 5.56 Å². The van der Waals surface area contributed by atoms with Gasteiger partial charge in [-0.1, -0.05) is 62.0 Å².